The van der Waals surface area contributed by atoms with Gasteiger partial charge in [0.15, 0.2) is 10.8 Å². The van der Waals surface area contributed by atoms with Gasteiger partial charge < -0.3 is 10.2 Å². The maximum Gasteiger partial charge on any atom is 0.229 e. The van der Waals surface area contributed by atoms with Crippen LogP contribution in [0.2, 0.25) is 5.02 Å². The second-order valence-electron chi connectivity index (χ2n) is 8.02. The quantitative estimate of drug-likeness (QED) is 0.408. The molecule has 10 heteroatoms. The number of nitrogens with zero attached hydrogens (tertiary/aromatic N) is 4. The molecule has 4 aromatic rings. The smallest absolute Gasteiger partial charge is 0.229 e. The van der Waals surface area contributed by atoms with Crippen molar-refractivity contribution in [3.05, 3.63) is 64.8 Å². The standard InChI is InChI=1S/C23H20ClF2N5OS/c1-13-20-21(31(29-13)17-6-2-5-16(25)11-17)28-23(33-20)30-9-3-4-14(12-30)22(32)27-19-8-7-15(24)10-18(19)26/h2,5-8,10-11,14H,3-4,9,12H2,1H3,(H,27,32)/t14-/m1/s1. The van der Waals surface area contributed by atoms with Crippen LogP contribution in [-0.4, -0.2) is 33.8 Å². The predicted octanol–water partition coefficient (Wildman–Crippen LogP) is 5.58. The van der Waals surface area contributed by atoms with Crippen molar-refractivity contribution in [2.75, 3.05) is 23.3 Å². The summed E-state index contributed by atoms with van der Waals surface area (Å²) >= 11 is 7.30. The highest BCUT2D eigenvalue weighted by atomic mass is 35.5. The first-order valence-electron chi connectivity index (χ1n) is 10.5. The fourth-order valence-electron chi connectivity index (χ4n) is 4.04. The number of aromatic nitrogens is 3. The van der Waals surface area contributed by atoms with Crippen LogP contribution < -0.4 is 10.2 Å². The minimum Gasteiger partial charge on any atom is -0.347 e. The van der Waals surface area contributed by atoms with E-state index in [4.69, 9.17) is 16.6 Å². The molecule has 0 bridgehead atoms. The summed E-state index contributed by atoms with van der Waals surface area (Å²) in [5, 5.41) is 8.26. The van der Waals surface area contributed by atoms with E-state index in [1.807, 2.05) is 6.92 Å². The van der Waals surface area contributed by atoms with E-state index < -0.39 is 5.82 Å². The zero-order valence-electron chi connectivity index (χ0n) is 17.7. The molecule has 0 spiro atoms. The number of halogens is 3. The maximum atomic E-state index is 14.1. The monoisotopic (exact) mass is 487 g/mol. The lowest BCUT2D eigenvalue weighted by Crippen LogP contribution is -2.40. The molecule has 6 nitrogen and oxygen atoms in total. The molecular formula is C23H20ClF2N5OS. The van der Waals surface area contributed by atoms with Crippen molar-refractivity contribution in [2.24, 2.45) is 5.92 Å². The second-order valence-corrected chi connectivity index (χ2v) is 9.44. The first kappa shape index (κ1) is 21.8. The lowest BCUT2D eigenvalue weighted by atomic mass is 9.97. The SMILES string of the molecule is Cc1nn(-c2cccc(F)c2)c2nc(N3CCC[C@@H](C(=O)Nc4ccc(Cl)cc4F)C3)sc12. The molecule has 170 valence electrons. The van der Waals surface area contributed by atoms with E-state index in [0.29, 0.717) is 24.3 Å². The zero-order chi connectivity index (χ0) is 23.1. The Morgan fingerprint density at radius 1 is 1.24 bits per heavy atom. The summed E-state index contributed by atoms with van der Waals surface area (Å²) in [6, 6.07) is 10.4. The topological polar surface area (TPSA) is 63.1 Å². The summed E-state index contributed by atoms with van der Waals surface area (Å²) in [5.74, 6) is -1.44. The number of benzene rings is 2. The highest BCUT2D eigenvalue weighted by Gasteiger charge is 2.29. The number of thiazole rings is 1. The van der Waals surface area contributed by atoms with Crippen LogP contribution in [0.3, 0.4) is 0 Å². The summed E-state index contributed by atoms with van der Waals surface area (Å²) in [5.41, 5.74) is 2.19. The van der Waals surface area contributed by atoms with E-state index >= 15 is 0 Å². The van der Waals surface area contributed by atoms with Gasteiger partial charge in [-0.1, -0.05) is 29.0 Å². The molecule has 1 N–H and O–H groups in total. The number of piperidine rings is 1. The second kappa shape index (κ2) is 8.72. The number of fused-ring (bicyclic) bond motifs is 1. The average Bonchev–Trinajstić information content (AvgIpc) is 3.36. The van der Waals surface area contributed by atoms with Crippen LogP contribution in [0.5, 0.6) is 0 Å². The summed E-state index contributed by atoms with van der Waals surface area (Å²) in [6.07, 6.45) is 1.52. The molecule has 5 rings (SSSR count). The Morgan fingerprint density at radius 3 is 2.88 bits per heavy atom. The van der Waals surface area contributed by atoms with Crippen molar-refractivity contribution in [3.63, 3.8) is 0 Å². The summed E-state index contributed by atoms with van der Waals surface area (Å²) < 4.78 is 30.4. The summed E-state index contributed by atoms with van der Waals surface area (Å²) in [4.78, 5) is 19.7. The number of carbonyl (C=O) groups is 1. The number of hydrogen-bond donors (Lipinski definition) is 1. The number of anilines is 2. The van der Waals surface area contributed by atoms with Crippen molar-refractivity contribution < 1.29 is 13.6 Å². The minimum atomic E-state index is -0.563. The Morgan fingerprint density at radius 2 is 2.09 bits per heavy atom. The highest BCUT2D eigenvalue weighted by Crippen LogP contribution is 2.35. The molecule has 2 aromatic heterocycles. The normalized spacial score (nSPS) is 16.4. The molecule has 0 radical (unpaired) electrons. The van der Waals surface area contributed by atoms with Gasteiger partial charge in [0.25, 0.3) is 0 Å². The number of hydrogen-bond acceptors (Lipinski definition) is 5. The summed E-state index contributed by atoms with van der Waals surface area (Å²) in [6.45, 7) is 3.14. The van der Waals surface area contributed by atoms with Crippen molar-refractivity contribution in [1.82, 2.24) is 14.8 Å². The Bertz CT molecular complexity index is 1350. The van der Waals surface area contributed by atoms with Gasteiger partial charge in [-0.3, -0.25) is 4.79 Å². The number of aryl methyl sites for hydroxylation is 1. The van der Waals surface area contributed by atoms with Gasteiger partial charge in [-0.05, 0) is 56.2 Å². The van der Waals surface area contributed by atoms with E-state index in [1.54, 1.807) is 22.9 Å². The Hall–Kier alpha value is -3.04. The lowest BCUT2D eigenvalue weighted by molar-refractivity contribution is -0.120. The minimum absolute atomic E-state index is 0.118. The van der Waals surface area contributed by atoms with Crippen LogP contribution in [0.15, 0.2) is 42.5 Å². The molecule has 2 aromatic carbocycles. The van der Waals surface area contributed by atoms with Crippen LogP contribution in [0.4, 0.5) is 19.6 Å². The maximum absolute atomic E-state index is 14.1. The highest BCUT2D eigenvalue weighted by molar-refractivity contribution is 7.22. The van der Waals surface area contributed by atoms with Crippen LogP contribution in [0.25, 0.3) is 16.0 Å². The lowest BCUT2D eigenvalue weighted by Gasteiger charge is -2.31. The van der Waals surface area contributed by atoms with Gasteiger partial charge in [0.05, 0.1) is 27.7 Å². The van der Waals surface area contributed by atoms with Crippen molar-refractivity contribution >= 4 is 50.0 Å². The summed E-state index contributed by atoms with van der Waals surface area (Å²) in [7, 11) is 0. The van der Waals surface area contributed by atoms with E-state index in [0.717, 1.165) is 28.5 Å². The van der Waals surface area contributed by atoms with Crippen LogP contribution in [0.1, 0.15) is 18.5 Å². The molecule has 3 heterocycles. The van der Waals surface area contributed by atoms with E-state index in [9.17, 15) is 13.6 Å². The molecule has 0 saturated carbocycles. The van der Waals surface area contributed by atoms with Gasteiger partial charge in [0.1, 0.15) is 11.6 Å². The number of nitrogens with one attached hydrogen (secondary N) is 1. The number of amides is 1. The van der Waals surface area contributed by atoms with Gasteiger partial charge >= 0.3 is 0 Å². The molecule has 1 saturated heterocycles. The molecule has 33 heavy (non-hydrogen) atoms. The van der Waals surface area contributed by atoms with Gasteiger partial charge in [-0.15, -0.1) is 0 Å². The van der Waals surface area contributed by atoms with Gasteiger partial charge in [-0.2, -0.15) is 10.1 Å². The Balaban J connectivity index is 1.37. The van der Waals surface area contributed by atoms with Crippen LogP contribution in [0, 0.1) is 24.5 Å². The van der Waals surface area contributed by atoms with Crippen molar-refractivity contribution in [3.8, 4) is 5.69 Å². The molecule has 1 fully saturated rings. The molecule has 1 atom stereocenters. The average molecular weight is 488 g/mol. The third kappa shape index (κ3) is 4.30. The van der Waals surface area contributed by atoms with Gasteiger partial charge in [0.2, 0.25) is 5.91 Å². The molecule has 1 amide bonds. The fraction of sp³-hybridized carbons (Fsp3) is 0.261. The number of rotatable bonds is 4. The van der Waals surface area contributed by atoms with Crippen LogP contribution >= 0.6 is 22.9 Å². The first-order chi connectivity index (χ1) is 15.9. The van der Waals surface area contributed by atoms with E-state index in [-0.39, 0.29) is 28.4 Å². The molecule has 1 aliphatic rings. The van der Waals surface area contributed by atoms with E-state index in [2.05, 4.69) is 15.3 Å². The number of carbonyl (C=O) groups excluding carboxylic acids is 1. The van der Waals surface area contributed by atoms with Gasteiger partial charge in [0, 0.05) is 18.1 Å². The Kier molecular flexibility index (Phi) is 5.76. The first-order valence-corrected chi connectivity index (χ1v) is 11.7. The molecule has 0 unspecified atom stereocenters. The van der Waals surface area contributed by atoms with Crippen molar-refractivity contribution in [1.29, 1.82) is 0 Å². The zero-order valence-corrected chi connectivity index (χ0v) is 19.3. The van der Waals surface area contributed by atoms with Gasteiger partial charge in [-0.25, -0.2) is 13.5 Å². The fourth-order valence-corrected chi connectivity index (χ4v) is 5.22. The largest absolute Gasteiger partial charge is 0.347 e. The predicted molar refractivity (Wildman–Crippen MR) is 126 cm³/mol. The molecule has 0 aliphatic carbocycles. The van der Waals surface area contributed by atoms with Crippen molar-refractivity contribution in [2.45, 2.75) is 19.8 Å². The van der Waals surface area contributed by atoms with E-state index in [1.165, 1.54) is 35.6 Å². The molecular weight excluding hydrogens is 468 g/mol. The van der Waals surface area contributed by atoms with Crippen LogP contribution in [-0.2, 0) is 4.79 Å². The molecule has 1 aliphatic heterocycles. The Labute approximate surface area is 197 Å². The third-order valence-corrected chi connectivity index (χ3v) is 7.13. The third-order valence-electron chi connectivity index (χ3n) is 5.68.